The van der Waals surface area contributed by atoms with E-state index in [2.05, 4.69) is 18.5 Å². The van der Waals surface area contributed by atoms with E-state index in [-0.39, 0.29) is 0 Å². The van der Waals surface area contributed by atoms with Crippen LogP contribution in [0.15, 0.2) is 29.2 Å². The molecule has 0 aromatic heterocycles. The SMILES string of the molecule is [CH2]N1Nc2ccccc2S1. The summed E-state index contributed by atoms with van der Waals surface area (Å²) in [5, 5.41) is 0. The number of rotatable bonds is 0. The summed E-state index contributed by atoms with van der Waals surface area (Å²) in [6.07, 6.45) is 0. The third kappa shape index (κ3) is 0.874. The van der Waals surface area contributed by atoms with Crippen LogP contribution in [0.5, 0.6) is 0 Å². The van der Waals surface area contributed by atoms with Gasteiger partial charge >= 0.3 is 0 Å². The van der Waals surface area contributed by atoms with Crippen LogP contribution in [0.2, 0.25) is 0 Å². The number of hydrogen-bond acceptors (Lipinski definition) is 3. The highest BCUT2D eigenvalue weighted by atomic mass is 32.2. The largest absolute Gasteiger partial charge is 0.308 e. The number of hydrazine groups is 1. The van der Waals surface area contributed by atoms with E-state index < -0.39 is 0 Å². The van der Waals surface area contributed by atoms with Gasteiger partial charge in [0.25, 0.3) is 0 Å². The lowest BCUT2D eigenvalue weighted by molar-refractivity contribution is 0.765. The molecule has 0 aliphatic carbocycles. The lowest BCUT2D eigenvalue weighted by atomic mass is 10.3. The van der Waals surface area contributed by atoms with Crippen molar-refractivity contribution < 1.29 is 0 Å². The third-order valence-electron chi connectivity index (χ3n) is 1.34. The lowest BCUT2D eigenvalue weighted by Gasteiger charge is -2.03. The van der Waals surface area contributed by atoms with Crippen LogP contribution < -0.4 is 5.43 Å². The van der Waals surface area contributed by atoms with Crippen molar-refractivity contribution in [2.24, 2.45) is 0 Å². The van der Waals surface area contributed by atoms with E-state index >= 15 is 0 Å². The maximum atomic E-state index is 3.74. The Morgan fingerprint density at radius 2 is 2.20 bits per heavy atom. The summed E-state index contributed by atoms with van der Waals surface area (Å²) in [4.78, 5) is 1.23. The minimum atomic E-state index is 1.14. The monoisotopic (exact) mass is 151 g/mol. The standard InChI is InChI=1S/C7H7N2S/c1-9-8-6-4-2-3-5-7(6)10-9/h2-5,8H,1H2. The number of fused-ring (bicyclic) bond motifs is 1. The van der Waals surface area contributed by atoms with Gasteiger partial charge in [-0.25, -0.2) is 0 Å². The first-order valence-corrected chi connectivity index (χ1v) is 3.78. The quantitative estimate of drug-likeness (QED) is 0.572. The first kappa shape index (κ1) is 6.07. The Balaban J connectivity index is 2.42. The maximum Gasteiger partial charge on any atom is 0.0648 e. The lowest BCUT2D eigenvalue weighted by Crippen LogP contribution is -2.07. The smallest absolute Gasteiger partial charge is 0.0648 e. The van der Waals surface area contributed by atoms with Crippen molar-refractivity contribution in [3.8, 4) is 0 Å². The molecule has 1 aliphatic heterocycles. The minimum Gasteiger partial charge on any atom is -0.308 e. The molecule has 1 aromatic carbocycles. The summed E-state index contributed by atoms with van der Waals surface area (Å²) < 4.78 is 1.74. The molecule has 1 radical (unpaired) electrons. The molecule has 1 heterocycles. The zero-order valence-corrected chi connectivity index (χ0v) is 6.19. The van der Waals surface area contributed by atoms with Crippen molar-refractivity contribution in [1.82, 2.24) is 4.41 Å². The van der Waals surface area contributed by atoms with Crippen LogP contribution in [0.3, 0.4) is 0 Å². The second-order valence-corrected chi connectivity index (χ2v) is 3.14. The molecule has 0 fully saturated rings. The molecule has 51 valence electrons. The van der Waals surface area contributed by atoms with E-state index in [0.717, 1.165) is 5.69 Å². The normalized spacial score (nSPS) is 16.5. The van der Waals surface area contributed by atoms with Gasteiger partial charge in [0.05, 0.1) is 5.69 Å². The summed E-state index contributed by atoms with van der Waals surface area (Å²) >= 11 is 1.60. The van der Waals surface area contributed by atoms with E-state index in [1.807, 2.05) is 18.2 Å². The number of anilines is 1. The molecule has 1 aliphatic rings. The number of hydrogen-bond donors (Lipinski definition) is 1. The summed E-state index contributed by atoms with van der Waals surface area (Å²) in [7, 11) is 3.74. The van der Waals surface area contributed by atoms with Gasteiger partial charge in [0, 0.05) is 11.9 Å². The molecule has 2 rings (SSSR count). The van der Waals surface area contributed by atoms with Gasteiger partial charge in [-0.05, 0) is 24.1 Å². The van der Waals surface area contributed by atoms with Crippen LogP contribution in [-0.4, -0.2) is 4.41 Å². The second kappa shape index (κ2) is 2.18. The number of benzene rings is 1. The van der Waals surface area contributed by atoms with E-state index in [4.69, 9.17) is 0 Å². The second-order valence-electron chi connectivity index (χ2n) is 2.08. The van der Waals surface area contributed by atoms with Gasteiger partial charge in [0.15, 0.2) is 0 Å². The van der Waals surface area contributed by atoms with Gasteiger partial charge in [-0.3, -0.25) is 0 Å². The summed E-state index contributed by atoms with van der Waals surface area (Å²) in [5.41, 5.74) is 4.22. The van der Waals surface area contributed by atoms with E-state index in [1.165, 1.54) is 4.90 Å². The average molecular weight is 151 g/mol. The van der Waals surface area contributed by atoms with Crippen LogP contribution in [0.4, 0.5) is 5.69 Å². The highest BCUT2D eigenvalue weighted by Crippen LogP contribution is 2.35. The Hall–Kier alpha value is -0.670. The molecule has 1 aromatic rings. The summed E-state index contributed by atoms with van der Waals surface area (Å²) in [6.45, 7) is 0. The Morgan fingerprint density at radius 1 is 1.40 bits per heavy atom. The zero-order valence-electron chi connectivity index (χ0n) is 5.37. The highest BCUT2D eigenvalue weighted by Gasteiger charge is 2.13. The van der Waals surface area contributed by atoms with E-state index in [0.29, 0.717) is 0 Å². The first-order valence-electron chi connectivity index (χ1n) is 3.00. The Morgan fingerprint density at radius 3 is 3.00 bits per heavy atom. The van der Waals surface area contributed by atoms with Gasteiger partial charge in [-0.2, -0.15) is 4.41 Å². The molecule has 3 heteroatoms. The highest BCUT2D eigenvalue weighted by molar-refractivity contribution is 7.97. The van der Waals surface area contributed by atoms with Crippen molar-refractivity contribution in [3.05, 3.63) is 31.3 Å². The Kier molecular flexibility index (Phi) is 1.32. The molecular weight excluding hydrogens is 144 g/mol. The Labute approximate surface area is 64.3 Å². The molecule has 1 N–H and O–H groups in total. The molecule has 0 spiro atoms. The van der Waals surface area contributed by atoms with Gasteiger partial charge in [0.1, 0.15) is 0 Å². The topological polar surface area (TPSA) is 15.3 Å². The van der Waals surface area contributed by atoms with Crippen LogP contribution in [0, 0.1) is 7.05 Å². The van der Waals surface area contributed by atoms with Crippen LogP contribution in [-0.2, 0) is 0 Å². The maximum absolute atomic E-state index is 3.74. The molecule has 0 unspecified atom stereocenters. The zero-order chi connectivity index (χ0) is 6.97. The van der Waals surface area contributed by atoms with Crippen molar-refractivity contribution in [3.63, 3.8) is 0 Å². The summed E-state index contributed by atoms with van der Waals surface area (Å²) in [5.74, 6) is 0. The summed E-state index contributed by atoms with van der Waals surface area (Å²) in [6, 6.07) is 8.13. The van der Waals surface area contributed by atoms with Crippen molar-refractivity contribution >= 4 is 17.6 Å². The van der Waals surface area contributed by atoms with Crippen LogP contribution in [0.1, 0.15) is 0 Å². The molecular formula is C7H7N2S. The third-order valence-corrected chi connectivity index (χ3v) is 2.21. The number of para-hydroxylation sites is 1. The molecule has 0 saturated heterocycles. The first-order chi connectivity index (χ1) is 4.86. The fourth-order valence-corrected chi connectivity index (χ4v) is 1.65. The van der Waals surface area contributed by atoms with Crippen molar-refractivity contribution in [1.29, 1.82) is 0 Å². The molecule has 0 atom stereocenters. The predicted molar refractivity (Wildman–Crippen MR) is 43.1 cm³/mol. The molecule has 0 amide bonds. The molecule has 0 saturated carbocycles. The average Bonchev–Trinajstić information content (AvgIpc) is 2.27. The minimum absolute atomic E-state index is 1.14. The van der Waals surface area contributed by atoms with Gasteiger partial charge in [-0.1, -0.05) is 12.1 Å². The Bertz CT molecular complexity index is 224. The van der Waals surface area contributed by atoms with E-state index in [9.17, 15) is 0 Å². The molecule has 0 bridgehead atoms. The van der Waals surface area contributed by atoms with Crippen molar-refractivity contribution in [2.75, 3.05) is 5.43 Å². The predicted octanol–water partition coefficient (Wildman–Crippen LogP) is 2.13. The fourth-order valence-electron chi connectivity index (χ4n) is 0.914. The number of nitrogens with one attached hydrogen (secondary N) is 1. The number of nitrogens with zero attached hydrogens (tertiary/aromatic N) is 1. The van der Waals surface area contributed by atoms with Gasteiger partial charge in [-0.15, -0.1) is 0 Å². The van der Waals surface area contributed by atoms with Gasteiger partial charge in [0.2, 0.25) is 0 Å². The van der Waals surface area contributed by atoms with Gasteiger partial charge < -0.3 is 5.43 Å². The molecule has 2 nitrogen and oxygen atoms in total. The molecule has 10 heavy (non-hydrogen) atoms. The fraction of sp³-hybridized carbons (Fsp3) is 0. The van der Waals surface area contributed by atoms with Crippen LogP contribution in [0.25, 0.3) is 0 Å². The van der Waals surface area contributed by atoms with E-state index in [1.54, 1.807) is 16.4 Å². The van der Waals surface area contributed by atoms with Crippen LogP contribution >= 0.6 is 11.9 Å². The van der Waals surface area contributed by atoms with Crippen molar-refractivity contribution in [2.45, 2.75) is 4.90 Å².